The third-order valence-corrected chi connectivity index (χ3v) is 2.13. The molecule has 1 aromatic heterocycles. The Balaban J connectivity index is 2.29. The fourth-order valence-corrected chi connectivity index (χ4v) is 1.51. The minimum absolute atomic E-state index is 0.593. The van der Waals surface area contributed by atoms with Gasteiger partial charge < -0.3 is 15.8 Å². The molecule has 5 heteroatoms. The maximum Gasteiger partial charge on any atom is 0.135 e. The zero-order chi connectivity index (χ0) is 9.97. The molecule has 1 aliphatic rings. The molecule has 2 heterocycles. The maximum absolute atomic E-state index is 5.42. The van der Waals surface area contributed by atoms with Gasteiger partial charge in [-0.3, -0.25) is 0 Å². The number of ether oxygens (including phenoxy) is 1. The van der Waals surface area contributed by atoms with Crippen LogP contribution in [0, 0.1) is 6.92 Å². The van der Waals surface area contributed by atoms with Gasteiger partial charge >= 0.3 is 0 Å². The Morgan fingerprint density at radius 2 is 2.29 bits per heavy atom. The van der Waals surface area contributed by atoms with Gasteiger partial charge in [0.1, 0.15) is 11.6 Å². The van der Waals surface area contributed by atoms with E-state index in [4.69, 9.17) is 10.5 Å². The van der Waals surface area contributed by atoms with E-state index in [2.05, 4.69) is 15.3 Å². The summed E-state index contributed by atoms with van der Waals surface area (Å²) in [4.78, 5) is 8.64. The molecule has 0 aromatic carbocycles. The molecule has 0 saturated carbocycles. The number of rotatable bonds is 3. The van der Waals surface area contributed by atoms with E-state index in [1.807, 2.05) is 6.92 Å². The quantitative estimate of drug-likeness (QED) is 0.718. The van der Waals surface area contributed by atoms with Crippen LogP contribution in [0.2, 0.25) is 0 Å². The zero-order valence-electron chi connectivity index (χ0n) is 8.21. The Kier molecular flexibility index (Phi) is 2.60. The van der Waals surface area contributed by atoms with Gasteiger partial charge in [0, 0.05) is 18.7 Å². The van der Waals surface area contributed by atoms with E-state index in [9.17, 15) is 0 Å². The minimum Gasteiger partial charge on any atom is -0.370 e. The summed E-state index contributed by atoms with van der Waals surface area (Å²) in [6, 6.07) is 0. The van der Waals surface area contributed by atoms with Gasteiger partial charge in [0.2, 0.25) is 0 Å². The van der Waals surface area contributed by atoms with Crippen LogP contribution in [-0.4, -0.2) is 23.1 Å². The van der Waals surface area contributed by atoms with Gasteiger partial charge in [-0.05, 0) is 6.92 Å². The Morgan fingerprint density at radius 3 is 3.07 bits per heavy atom. The summed E-state index contributed by atoms with van der Waals surface area (Å²) >= 11 is 0. The lowest BCUT2D eigenvalue weighted by atomic mass is 10.2. The first-order valence-corrected chi connectivity index (χ1v) is 4.69. The number of hydrogen-bond donors (Lipinski definition) is 2. The molecule has 3 N–H and O–H groups in total. The third-order valence-electron chi connectivity index (χ3n) is 2.13. The predicted octanol–water partition coefficient (Wildman–Crippen LogP) is 0.186. The second-order valence-corrected chi connectivity index (χ2v) is 3.25. The van der Waals surface area contributed by atoms with Crippen LogP contribution in [0.4, 0.5) is 5.82 Å². The van der Waals surface area contributed by atoms with E-state index >= 15 is 0 Å². The minimum atomic E-state index is 0.593. The van der Waals surface area contributed by atoms with Crippen molar-refractivity contribution in [1.82, 2.24) is 9.97 Å². The Hall–Kier alpha value is -1.20. The van der Waals surface area contributed by atoms with Crippen LogP contribution in [0.5, 0.6) is 0 Å². The third kappa shape index (κ3) is 1.69. The number of nitrogens with two attached hydrogens (primary N) is 1. The monoisotopic (exact) mass is 194 g/mol. The highest BCUT2D eigenvalue weighted by atomic mass is 16.5. The predicted molar refractivity (Wildman–Crippen MR) is 52.8 cm³/mol. The number of hydrogen-bond acceptors (Lipinski definition) is 5. The van der Waals surface area contributed by atoms with E-state index in [0.29, 0.717) is 19.8 Å². The van der Waals surface area contributed by atoms with Crippen LogP contribution in [0.15, 0.2) is 0 Å². The van der Waals surface area contributed by atoms with Crippen LogP contribution in [-0.2, 0) is 18.0 Å². The molecule has 0 fully saturated rings. The molecule has 0 aliphatic carbocycles. The Bertz CT molecular complexity index is 340. The van der Waals surface area contributed by atoms with E-state index < -0.39 is 0 Å². The van der Waals surface area contributed by atoms with Crippen molar-refractivity contribution in [2.45, 2.75) is 20.1 Å². The van der Waals surface area contributed by atoms with Crippen molar-refractivity contribution in [1.29, 1.82) is 0 Å². The molecule has 76 valence electrons. The summed E-state index contributed by atoms with van der Waals surface area (Å²) in [5.74, 6) is 1.64. The molecule has 0 radical (unpaired) electrons. The van der Waals surface area contributed by atoms with E-state index in [-0.39, 0.29) is 0 Å². The summed E-state index contributed by atoms with van der Waals surface area (Å²) in [5.41, 5.74) is 7.49. The Labute approximate surface area is 82.7 Å². The van der Waals surface area contributed by atoms with Gasteiger partial charge in [0.25, 0.3) is 0 Å². The van der Waals surface area contributed by atoms with Gasteiger partial charge in [-0.15, -0.1) is 0 Å². The molecule has 0 bridgehead atoms. The number of anilines is 1. The van der Waals surface area contributed by atoms with Gasteiger partial charge in [0.05, 0.1) is 18.9 Å². The van der Waals surface area contributed by atoms with Crippen LogP contribution in [0.25, 0.3) is 0 Å². The van der Waals surface area contributed by atoms with Gasteiger partial charge in [-0.2, -0.15) is 0 Å². The fraction of sp³-hybridized carbons (Fsp3) is 0.556. The maximum atomic E-state index is 5.42. The van der Waals surface area contributed by atoms with Crippen molar-refractivity contribution >= 4 is 5.82 Å². The van der Waals surface area contributed by atoms with Crippen LogP contribution in [0.1, 0.15) is 17.1 Å². The first-order valence-electron chi connectivity index (χ1n) is 4.69. The molecule has 0 saturated heterocycles. The van der Waals surface area contributed by atoms with Crippen molar-refractivity contribution in [3.05, 3.63) is 17.1 Å². The zero-order valence-corrected chi connectivity index (χ0v) is 8.21. The second kappa shape index (κ2) is 3.89. The SMILES string of the molecule is Cc1nc2c(c(NCCN)n1)COC2. The highest BCUT2D eigenvalue weighted by molar-refractivity contribution is 5.47. The first-order chi connectivity index (χ1) is 6.81. The summed E-state index contributed by atoms with van der Waals surface area (Å²) in [5, 5.41) is 3.18. The molecule has 14 heavy (non-hydrogen) atoms. The van der Waals surface area contributed by atoms with Crippen molar-refractivity contribution in [3.8, 4) is 0 Å². The molecular weight excluding hydrogens is 180 g/mol. The van der Waals surface area contributed by atoms with Crippen LogP contribution < -0.4 is 11.1 Å². The molecule has 5 nitrogen and oxygen atoms in total. The van der Waals surface area contributed by atoms with Gasteiger partial charge in [-0.1, -0.05) is 0 Å². The summed E-state index contributed by atoms with van der Waals surface area (Å²) in [7, 11) is 0. The number of aromatic nitrogens is 2. The molecule has 0 unspecified atom stereocenters. The van der Waals surface area contributed by atoms with E-state index in [0.717, 1.165) is 29.4 Å². The summed E-state index contributed by atoms with van der Waals surface area (Å²) in [6.07, 6.45) is 0. The first kappa shape index (κ1) is 9.36. The standard InChI is InChI=1S/C9H14N4O/c1-6-12-8-5-14-4-7(8)9(13-6)11-3-2-10/h2-5,10H2,1H3,(H,11,12,13). The second-order valence-electron chi connectivity index (χ2n) is 3.25. The topological polar surface area (TPSA) is 73.1 Å². The van der Waals surface area contributed by atoms with Crippen molar-refractivity contribution in [2.75, 3.05) is 18.4 Å². The normalized spacial score (nSPS) is 14.1. The summed E-state index contributed by atoms with van der Waals surface area (Å²) in [6.45, 7) is 4.40. The van der Waals surface area contributed by atoms with Crippen LogP contribution >= 0.6 is 0 Å². The van der Waals surface area contributed by atoms with Crippen molar-refractivity contribution in [3.63, 3.8) is 0 Å². The smallest absolute Gasteiger partial charge is 0.135 e. The molecule has 0 amide bonds. The average molecular weight is 194 g/mol. The molecule has 2 rings (SSSR count). The molecule has 0 atom stereocenters. The van der Waals surface area contributed by atoms with E-state index in [1.54, 1.807) is 0 Å². The Morgan fingerprint density at radius 1 is 1.43 bits per heavy atom. The molecule has 0 spiro atoms. The lowest BCUT2D eigenvalue weighted by Gasteiger charge is -2.08. The van der Waals surface area contributed by atoms with Gasteiger partial charge in [-0.25, -0.2) is 9.97 Å². The summed E-state index contributed by atoms with van der Waals surface area (Å²) < 4.78 is 5.32. The lowest BCUT2D eigenvalue weighted by Crippen LogP contribution is -2.16. The largest absolute Gasteiger partial charge is 0.370 e. The van der Waals surface area contributed by atoms with Crippen molar-refractivity contribution < 1.29 is 4.74 Å². The average Bonchev–Trinajstić information content (AvgIpc) is 2.61. The molecule has 1 aromatic rings. The van der Waals surface area contributed by atoms with E-state index in [1.165, 1.54) is 0 Å². The molecular formula is C9H14N4O. The number of fused-ring (bicyclic) bond motifs is 1. The highest BCUT2D eigenvalue weighted by Gasteiger charge is 2.18. The molecule has 1 aliphatic heterocycles. The van der Waals surface area contributed by atoms with Gasteiger partial charge in [0.15, 0.2) is 0 Å². The number of nitrogens with one attached hydrogen (secondary N) is 1. The highest BCUT2D eigenvalue weighted by Crippen LogP contribution is 2.23. The fourth-order valence-electron chi connectivity index (χ4n) is 1.51. The number of aryl methyl sites for hydroxylation is 1. The lowest BCUT2D eigenvalue weighted by molar-refractivity contribution is 0.133. The van der Waals surface area contributed by atoms with Crippen LogP contribution in [0.3, 0.4) is 0 Å². The number of nitrogens with zero attached hydrogens (tertiary/aromatic N) is 2. The van der Waals surface area contributed by atoms with Crippen molar-refractivity contribution in [2.24, 2.45) is 5.73 Å².